The second-order valence-corrected chi connectivity index (χ2v) is 4.72. The van der Waals surface area contributed by atoms with E-state index >= 15 is 0 Å². The van der Waals surface area contributed by atoms with Crippen LogP contribution in [0.5, 0.6) is 5.75 Å². The van der Waals surface area contributed by atoms with Crippen molar-refractivity contribution in [2.45, 2.75) is 6.10 Å². The van der Waals surface area contributed by atoms with Crippen LogP contribution in [-0.2, 0) is 4.74 Å². The number of rotatable bonds is 5. The first-order chi connectivity index (χ1) is 8.78. The molecule has 0 aromatic heterocycles. The number of benzene rings is 1. The molecule has 1 heterocycles. The minimum atomic E-state index is -0.0649. The van der Waals surface area contributed by atoms with Gasteiger partial charge in [-0.1, -0.05) is 17.7 Å². The van der Waals surface area contributed by atoms with Crippen LogP contribution in [0.1, 0.15) is 0 Å². The van der Waals surface area contributed by atoms with Crippen molar-refractivity contribution in [3.63, 3.8) is 0 Å². The third-order valence-corrected chi connectivity index (χ3v) is 3.13. The van der Waals surface area contributed by atoms with Crippen LogP contribution in [-0.4, -0.2) is 55.6 Å². The Bertz CT molecular complexity index is 375. The van der Waals surface area contributed by atoms with Gasteiger partial charge < -0.3 is 14.6 Å². The molecule has 1 fully saturated rings. The highest BCUT2D eigenvalue weighted by molar-refractivity contribution is 6.30. The Morgan fingerprint density at radius 1 is 1.50 bits per heavy atom. The summed E-state index contributed by atoms with van der Waals surface area (Å²) in [4.78, 5) is 2.23. The van der Waals surface area contributed by atoms with Crippen LogP contribution in [0.15, 0.2) is 24.3 Å². The van der Waals surface area contributed by atoms with Gasteiger partial charge in [0, 0.05) is 24.7 Å². The standard InChI is InChI=1S/C13H18ClNO3/c14-11-2-1-3-12(8-11)17-6-4-15-5-7-18-13(9-15)10-16/h1-3,8,13,16H,4-7,9-10H2. The zero-order valence-corrected chi connectivity index (χ0v) is 11.0. The molecule has 18 heavy (non-hydrogen) atoms. The Hall–Kier alpha value is -0.810. The van der Waals surface area contributed by atoms with Crippen molar-refractivity contribution in [2.75, 3.05) is 39.5 Å². The van der Waals surface area contributed by atoms with E-state index in [2.05, 4.69) is 4.90 Å². The first-order valence-electron chi connectivity index (χ1n) is 6.11. The predicted octanol–water partition coefficient (Wildman–Crippen LogP) is 1.41. The lowest BCUT2D eigenvalue weighted by Crippen LogP contribution is -2.45. The second kappa shape index (κ2) is 6.95. The normalized spacial score (nSPS) is 20.9. The smallest absolute Gasteiger partial charge is 0.120 e. The summed E-state index contributed by atoms with van der Waals surface area (Å²) in [6.07, 6.45) is -0.0649. The van der Waals surface area contributed by atoms with E-state index < -0.39 is 0 Å². The molecule has 1 aliphatic rings. The van der Waals surface area contributed by atoms with Crippen molar-refractivity contribution in [2.24, 2.45) is 0 Å². The quantitative estimate of drug-likeness (QED) is 0.879. The molecule has 4 nitrogen and oxygen atoms in total. The Balaban J connectivity index is 1.72. The van der Waals surface area contributed by atoms with Gasteiger partial charge in [0.15, 0.2) is 0 Å². The summed E-state index contributed by atoms with van der Waals surface area (Å²) >= 11 is 5.88. The number of halogens is 1. The van der Waals surface area contributed by atoms with Crippen LogP contribution in [0, 0.1) is 0 Å². The molecule has 1 aromatic rings. The van der Waals surface area contributed by atoms with Gasteiger partial charge in [0.1, 0.15) is 12.4 Å². The molecule has 1 aromatic carbocycles. The third kappa shape index (κ3) is 4.14. The molecule has 1 aliphatic heterocycles. The zero-order chi connectivity index (χ0) is 12.8. The van der Waals surface area contributed by atoms with E-state index in [0.717, 1.165) is 25.4 Å². The van der Waals surface area contributed by atoms with Crippen molar-refractivity contribution in [3.05, 3.63) is 29.3 Å². The zero-order valence-electron chi connectivity index (χ0n) is 10.2. The molecule has 1 unspecified atom stereocenters. The Kier molecular flexibility index (Phi) is 5.26. The van der Waals surface area contributed by atoms with Crippen LogP contribution >= 0.6 is 11.6 Å². The van der Waals surface area contributed by atoms with Gasteiger partial charge in [0.2, 0.25) is 0 Å². The molecule has 5 heteroatoms. The van der Waals surface area contributed by atoms with E-state index in [-0.39, 0.29) is 12.7 Å². The van der Waals surface area contributed by atoms with Crippen LogP contribution in [0.4, 0.5) is 0 Å². The second-order valence-electron chi connectivity index (χ2n) is 4.28. The molecule has 1 atom stereocenters. The highest BCUT2D eigenvalue weighted by Crippen LogP contribution is 2.17. The maximum atomic E-state index is 9.05. The summed E-state index contributed by atoms with van der Waals surface area (Å²) in [5, 5.41) is 9.73. The molecule has 0 bridgehead atoms. The molecule has 0 spiro atoms. The van der Waals surface area contributed by atoms with Crippen molar-refractivity contribution in [3.8, 4) is 5.75 Å². The Morgan fingerprint density at radius 2 is 2.39 bits per heavy atom. The molecular weight excluding hydrogens is 254 g/mol. The number of hydrogen-bond acceptors (Lipinski definition) is 4. The van der Waals surface area contributed by atoms with Gasteiger partial charge in [-0.3, -0.25) is 4.90 Å². The average Bonchev–Trinajstić information content (AvgIpc) is 2.39. The fourth-order valence-corrected chi connectivity index (χ4v) is 2.12. The van der Waals surface area contributed by atoms with Crippen molar-refractivity contribution in [1.29, 1.82) is 0 Å². The lowest BCUT2D eigenvalue weighted by molar-refractivity contribution is -0.0547. The molecule has 1 N–H and O–H groups in total. The maximum absolute atomic E-state index is 9.05. The number of aliphatic hydroxyl groups is 1. The number of ether oxygens (including phenoxy) is 2. The van der Waals surface area contributed by atoms with Crippen molar-refractivity contribution >= 4 is 11.6 Å². The Morgan fingerprint density at radius 3 is 3.17 bits per heavy atom. The van der Waals surface area contributed by atoms with E-state index in [4.69, 9.17) is 26.2 Å². The molecule has 0 aliphatic carbocycles. The van der Waals surface area contributed by atoms with E-state index in [1.807, 2.05) is 18.2 Å². The Labute approximate surface area is 112 Å². The van der Waals surface area contributed by atoms with Crippen molar-refractivity contribution in [1.82, 2.24) is 4.90 Å². The molecule has 0 radical (unpaired) electrons. The van der Waals surface area contributed by atoms with E-state index in [1.54, 1.807) is 6.07 Å². The average molecular weight is 272 g/mol. The molecular formula is C13H18ClNO3. The summed E-state index contributed by atoms with van der Waals surface area (Å²) in [6, 6.07) is 7.38. The predicted molar refractivity (Wildman–Crippen MR) is 70.2 cm³/mol. The number of aliphatic hydroxyl groups excluding tert-OH is 1. The minimum Gasteiger partial charge on any atom is -0.492 e. The van der Waals surface area contributed by atoms with E-state index in [9.17, 15) is 0 Å². The van der Waals surface area contributed by atoms with Gasteiger partial charge >= 0.3 is 0 Å². The largest absolute Gasteiger partial charge is 0.492 e. The lowest BCUT2D eigenvalue weighted by atomic mass is 10.3. The summed E-state index contributed by atoms with van der Waals surface area (Å²) in [6.45, 7) is 3.82. The highest BCUT2D eigenvalue weighted by Gasteiger charge is 2.19. The van der Waals surface area contributed by atoms with E-state index in [1.165, 1.54) is 0 Å². The minimum absolute atomic E-state index is 0.0649. The molecule has 1 saturated heterocycles. The van der Waals surface area contributed by atoms with E-state index in [0.29, 0.717) is 18.2 Å². The van der Waals surface area contributed by atoms with Gasteiger partial charge in [0.25, 0.3) is 0 Å². The van der Waals surface area contributed by atoms with Crippen LogP contribution < -0.4 is 4.74 Å². The molecule has 100 valence electrons. The summed E-state index contributed by atoms with van der Waals surface area (Å²) in [5.74, 6) is 0.787. The SMILES string of the molecule is OCC1CN(CCOc2cccc(Cl)c2)CCO1. The van der Waals surface area contributed by atoms with Crippen LogP contribution in [0.25, 0.3) is 0 Å². The van der Waals surface area contributed by atoms with Crippen molar-refractivity contribution < 1.29 is 14.6 Å². The third-order valence-electron chi connectivity index (χ3n) is 2.90. The van der Waals surface area contributed by atoms with Crippen LogP contribution in [0.2, 0.25) is 5.02 Å². The van der Waals surface area contributed by atoms with Gasteiger partial charge in [-0.2, -0.15) is 0 Å². The van der Waals surface area contributed by atoms with Gasteiger partial charge in [-0.25, -0.2) is 0 Å². The number of morpholine rings is 1. The molecule has 0 saturated carbocycles. The number of hydrogen-bond donors (Lipinski definition) is 1. The first kappa shape index (κ1) is 13.6. The summed E-state index contributed by atoms with van der Waals surface area (Å²) in [7, 11) is 0. The molecule has 2 rings (SSSR count). The topological polar surface area (TPSA) is 41.9 Å². The first-order valence-corrected chi connectivity index (χ1v) is 6.49. The van der Waals surface area contributed by atoms with Gasteiger partial charge in [0.05, 0.1) is 19.3 Å². The fraction of sp³-hybridized carbons (Fsp3) is 0.538. The number of nitrogens with zero attached hydrogens (tertiary/aromatic N) is 1. The lowest BCUT2D eigenvalue weighted by Gasteiger charge is -2.31. The van der Waals surface area contributed by atoms with Gasteiger partial charge in [-0.05, 0) is 18.2 Å². The summed E-state index contributed by atoms with van der Waals surface area (Å²) in [5.41, 5.74) is 0. The fourth-order valence-electron chi connectivity index (χ4n) is 1.94. The maximum Gasteiger partial charge on any atom is 0.120 e. The monoisotopic (exact) mass is 271 g/mol. The van der Waals surface area contributed by atoms with Gasteiger partial charge in [-0.15, -0.1) is 0 Å². The van der Waals surface area contributed by atoms with Crippen LogP contribution in [0.3, 0.4) is 0 Å². The summed E-state index contributed by atoms with van der Waals surface area (Å²) < 4.78 is 11.0. The molecule has 0 amide bonds. The highest BCUT2D eigenvalue weighted by atomic mass is 35.5.